The van der Waals surface area contributed by atoms with Gasteiger partial charge in [0.25, 0.3) is 0 Å². The standard InChI is InChI=1S/C11H13F3N2O4/c1-18-8-5-16-10(20-11(12,13)14)7(4-15)6(8)3-9(17)19-2/h5H,3-4,15H2,1-2H3. The summed E-state index contributed by atoms with van der Waals surface area (Å²) >= 11 is 0. The Balaban J connectivity index is 3.28. The van der Waals surface area contributed by atoms with Gasteiger partial charge in [0.05, 0.1) is 26.8 Å². The van der Waals surface area contributed by atoms with Crippen LogP contribution in [0.15, 0.2) is 6.20 Å². The van der Waals surface area contributed by atoms with Gasteiger partial charge < -0.3 is 19.9 Å². The highest BCUT2D eigenvalue weighted by Gasteiger charge is 2.34. The highest BCUT2D eigenvalue weighted by atomic mass is 19.4. The molecule has 0 atom stereocenters. The number of halogens is 3. The maximum Gasteiger partial charge on any atom is 0.574 e. The number of carbonyl (C=O) groups excluding carboxylic acids is 1. The van der Waals surface area contributed by atoms with Gasteiger partial charge in [-0.25, -0.2) is 4.98 Å². The maximum absolute atomic E-state index is 12.3. The fourth-order valence-corrected chi connectivity index (χ4v) is 1.55. The molecule has 0 bridgehead atoms. The van der Waals surface area contributed by atoms with Crippen molar-refractivity contribution < 1.29 is 32.2 Å². The van der Waals surface area contributed by atoms with Crippen molar-refractivity contribution in [1.82, 2.24) is 4.98 Å². The van der Waals surface area contributed by atoms with E-state index in [1.54, 1.807) is 0 Å². The number of rotatable bonds is 5. The predicted octanol–water partition coefficient (Wildman–Crippen LogP) is 1.16. The first-order valence-corrected chi connectivity index (χ1v) is 5.39. The number of pyridine rings is 1. The van der Waals surface area contributed by atoms with Crippen LogP contribution < -0.4 is 15.2 Å². The summed E-state index contributed by atoms with van der Waals surface area (Å²) in [6, 6.07) is 0. The first kappa shape index (κ1) is 16.0. The van der Waals surface area contributed by atoms with Crippen molar-refractivity contribution >= 4 is 5.97 Å². The Hall–Kier alpha value is -2.03. The van der Waals surface area contributed by atoms with Gasteiger partial charge in [-0.05, 0) is 0 Å². The molecule has 6 nitrogen and oxygen atoms in total. The number of nitrogens with two attached hydrogens (primary N) is 1. The second kappa shape index (κ2) is 6.42. The summed E-state index contributed by atoms with van der Waals surface area (Å²) in [4.78, 5) is 14.8. The highest BCUT2D eigenvalue weighted by molar-refractivity contribution is 5.74. The number of methoxy groups -OCH3 is 2. The molecule has 0 aliphatic heterocycles. The summed E-state index contributed by atoms with van der Waals surface area (Å²) in [5.41, 5.74) is 5.50. The largest absolute Gasteiger partial charge is 0.574 e. The molecular weight excluding hydrogens is 281 g/mol. The van der Waals surface area contributed by atoms with Crippen LogP contribution in [0.25, 0.3) is 0 Å². The molecule has 0 fully saturated rings. The lowest BCUT2D eigenvalue weighted by Gasteiger charge is -2.16. The highest BCUT2D eigenvalue weighted by Crippen LogP contribution is 2.31. The Bertz CT molecular complexity index is 491. The van der Waals surface area contributed by atoms with E-state index in [1.807, 2.05) is 0 Å². The van der Waals surface area contributed by atoms with Gasteiger partial charge in [0.15, 0.2) is 0 Å². The zero-order valence-electron chi connectivity index (χ0n) is 10.8. The van der Waals surface area contributed by atoms with E-state index in [4.69, 9.17) is 10.5 Å². The van der Waals surface area contributed by atoms with Crippen LogP contribution in [0.1, 0.15) is 11.1 Å². The molecule has 112 valence electrons. The molecule has 0 radical (unpaired) electrons. The van der Waals surface area contributed by atoms with Crippen LogP contribution >= 0.6 is 0 Å². The first-order chi connectivity index (χ1) is 9.32. The number of hydrogen-bond acceptors (Lipinski definition) is 6. The summed E-state index contributed by atoms with van der Waals surface area (Å²) in [5.74, 6) is -1.23. The average Bonchev–Trinajstić information content (AvgIpc) is 2.37. The Labute approximate surface area is 112 Å². The van der Waals surface area contributed by atoms with Crippen LogP contribution in [0.2, 0.25) is 0 Å². The number of aromatic nitrogens is 1. The van der Waals surface area contributed by atoms with Gasteiger partial charge in [0.2, 0.25) is 5.88 Å². The lowest BCUT2D eigenvalue weighted by atomic mass is 10.1. The molecule has 0 saturated heterocycles. The molecule has 2 N–H and O–H groups in total. The first-order valence-electron chi connectivity index (χ1n) is 5.39. The van der Waals surface area contributed by atoms with Gasteiger partial charge >= 0.3 is 12.3 Å². The molecule has 0 spiro atoms. The topological polar surface area (TPSA) is 83.7 Å². The van der Waals surface area contributed by atoms with E-state index >= 15 is 0 Å². The fraction of sp³-hybridized carbons (Fsp3) is 0.455. The van der Waals surface area contributed by atoms with Gasteiger partial charge in [0, 0.05) is 17.7 Å². The molecular formula is C11H13F3N2O4. The van der Waals surface area contributed by atoms with Crippen molar-refractivity contribution in [2.75, 3.05) is 14.2 Å². The van der Waals surface area contributed by atoms with E-state index in [1.165, 1.54) is 7.11 Å². The average molecular weight is 294 g/mol. The third-order valence-corrected chi connectivity index (χ3v) is 2.40. The summed E-state index contributed by atoms with van der Waals surface area (Å²) in [7, 11) is 2.45. The van der Waals surface area contributed by atoms with Crippen LogP contribution in [0.4, 0.5) is 13.2 Å². The number of hydrogen-bond donors (Lipinski definition) is 1. The minimum atomic E-state index is -4.91. The molecule has 1 aromatic rings. The van der Waals surface area contributed by atoms with Crippen LogP contribution in [-0.4, -0.2) is 31.5 Å². The quantitative estimate of drug-likeness (QED) is 0.820. The minimum Gasteiger partial charge on any atom is -0.495 e. The van der Waals surface area contributed by atoms with E-state index < -0.39 is 18.2 Å². The van der Waals surface area contributed by atoms with Crippen molar-refractivity contribution in [1.29, 1.82) is 0 Å². The molecule has 0 saturated carbocycles. The fourth-order valence-electron chi connectivity index (χ4n) is 1.55. The summed E-state index contributed by atoms with van der Waals surface area (Å²) in [6.07, 6.45) is -4.19. The SMILES string of the molecule is COC(=O)Cc1c(OC)cnc(OC(F)(F)F)c1CN. The zero-order valence-corrected chi connectivity index (χ0v) is 10.8. The monoisotopic (exact) mass is 294 g/mol. The van der Waals surface area contributed by atoms with Gasteiger partial charge in [-0.2, -0.15) is 0 Å². The van der Waals surface area contributed by atoms with Crippen LogP contribution in [-0.2, 0) is 22.5 Å². The lowest BCUT2D eigenvalue weighted by Crippen LogP contribution is -2.21. The van der Waals surface area contributed by atoms with Gasteiger partial charge in [-0.1, -0.05) is 0 Å². The molecule has 9 heteroatoms. The summed E-state index contributed by atoms with van der Waals surface area (Å²) in [5, 5.41) is 0. The summed E-state index contributed by atoms with van der Waals surface area (Å²) < 4.78 is 50.0. The van der Waals surface area contributed by atoms with Gasteiger partial charge in [-0.3, -0.25) is 4.79 Å². The third-order valence-electron chi connectivity index (χ3n) is 2.40. The molecule has 1 rings (SSSR count). The van der Waals surface area contributed by atoms with Crippen LogP contribution in [0.3, 0.4) is 0 Å². The summed E-state index contributed by atoms with van der Waals surface area (Å²) in [6.45, 7) is -0.304. The Morgan fingerprint density at radius 1 is 1.35 bits per heavy atom. The number of esters is 1. The van der Waals surface area contributed by atoms with Gasteiger partial charge in [-0.15, -0.1) is 13.2 Å². The third kappa shape index (κ3) is 3.98. The molecule has 0 aliphatic carbocycles. The van der Waals surface area contributed by atoms with E-state index in [2.05, 4.69) is 14.5 Å². The number of carbonyl (C=O) groups is 1. The maximum atomic E-state index is 12.3. The van der Waals surface area contributed by atoms with Crippen molar-refractivity contribution in [2.45, 2.75) is 19.3 Å². The van der Waals surface area contributed by atoms with Gasteiger partial charge in [0.1, 0.15) is 5.75 Å². The van der Waals surface area contributed by atoms with Crippen molar-refractivity contribution in [3.05, 3.63) is 17.3 Å². The van der Waals surface area contributed by atoms with E-state index in [0.717, 1.165) is 13.3 Å². The Kier molecular flexibility index (Phi) is 5.14. The predicted molar refractivity (Wildman–Crippen MR) is 61.1 cm³/mol. The van der Waals surface area contributed by atoms with Crippen LogP contribution in [0.5, 0.6) is 11.6 Å². The molecule has 0 aliphatic rings. The van der Waals surface area contributed by atoms with E-state index in [0.29, 0.717) is 0 Å². The Morgan fingerprint density at radius 2 is 2.00 bits per heavy atom. The van der Waals surface area contributed by atoms with E-state index in [-0.39, 0.29) is 29.8 Å². The molecule has 20 heavy (non-hydrogen) atoms. The zero-order chi connectivity index (χ0) is 15.3. The van der Waals surface area contributed by atoms with Crippen LogP contribution in [0, 0.1) is 0 Å². The number of ether oxygens (including phenoxy) is 3. The lowest BCUT2D eigenvalue weighted by molar-refractivity contribution is -0.276. The molecule has 1 heterocycles. The second-order valence-electron chi connectivity index (χ2n) is 3.59. The number of alkyl halides is 3. The molecule has 0 unspecified atom stereocenters. The minimum absolute atomic E-state index is 0.0629. The van der Waals surface area contributed by atoms with Crippen molar-refractivity contribution in [2.24, 2.45) is 5.73 Å². The van der Waals surface area contributed by atoms with Crippen molar-refractivity contribution in [3.63, 3.8) is 0 Å². The Morgan fingerprint density at radius 3 is 2.45 bits per heavy atom. The normalized spacial score (nSPS) is 11.1. The van der Waals surface area contributed by atoms with Crippen molar-refractivity contribution in [3.8, 4) is 11.6 Å². The smallest absolute Gasteiger partial charge is 0.495 e. The van der Waals surface area contributed by atoms with E-state index in [9.17, 15) is 18.0 Å². The second-order valence-corrected chi connectivity index (χ2v) is 3.59. The number of nitrogens with zero attached hydrogens (tertiary/aromatic N) is 1. The molecule has 0 aromatic carbocycles. The molecule has 1 aromatic heterocycles. The molecule has 0 amide bonds.